The molecule has 1 aliphatic rings. The second-order valence-corrected chi connectivity index (χ2v) is 2.89. The maximum Gasteiger partial charge on any atom is 0.246 e. The highest BCUT2D eigenvalue weighted by Gasteiger charge is 2.15. The van der Waals surface area contributed by atoms with Crippen LogP contribution in [-0.2, 0) is 9.53 Å². The Hall–Kier alpha value is -0.610. The van der Waals surface area contributed by atoms with E-state index in [-0.39, 0.29) is 12.5 Å². The molecule has 0 aromatic carbocycles. The predicted molar refractivity (Wildman–Crippen MR) is 45.9 cm³/mol. The van der Waals surface area contributed by atoms with Crippen LogP contribution in [-0.4, -0.2) is 38.3 Å². The van der Waals surface area contributed by atoms with Gasteiger partial charge in [0, 0.05) is 19.2 Å². The van der Waals surface area contributed by atoms with Crippen LogP contribution >= 0.6 is 0 Å². The first-order valence-electron chi connectivity index (χ1n) is 4.40. The lowest BCUT2D eigenvalue weighted by atomic mass is 10.2. The number of carbonyl (C=O) groups excluding carboxylic acids is 1. The molecule has 0 saturated carbocycles. The lowest BCUT2D eigenvalue weighted by Crippen LogP contribution is -2.38. The number of carbonyl (C=O) groups is 1. The van der Waals surface area contributed by atoms with Crippen LogP contribution in [0.2, 0.25) is 0 Å². The molecule has 0 radical (unpaired) electrons. The summed E-state index contributed by atoms with van der Waals surface area (Å²) in [4.78, 5) is 11.1. The summed E-state index contributed by atoms with van der Waals surface area (Å²) in [5.41, 5.74) is 0. The van der Waals surface area contributed by atoms with Gasteiger partial charge in [0.25, 0.3) is 0 Å². The zero-order valence-electron chi connectivity index (χ0n) is 7.43. The third-order valence-electron chi connectivity index (χ3n) is 1.86. The van der Waals surface area contributed by atoms with E-state index in [0.29, 0.717) is 12.6 Å². The summed E-state index contributed by atoms with van der Waals surface area (Å²) in [5.74, 6) is -0.00875. The van der Waals surface area contributed by atoms with Gasteiger partial charge in [0.15, 0.2) is 0 Å². The van der Waals surface area contributed by atoms with Gasteiger partial charge in [-0.2, -0.15) is 0 Å². The van der Waals surface area contributed by atoms with Gasteiger partial charge in [-0.25, -0.2) is 0 Å². The first-order valence-corrected chi connectivity index (χ1v) is 4.40. The summed E-state index contributed by atoms with van der Waals surface area (Å²) in [7, 11) is 0. The van der Waals surface area contributed by atoms with Gasteiger partial charge in [-0.3, -0.25) is 4.79 Å². The summed E-state index contributed by atoms with van der Waals surface area (Å²) in [6, 6.07) is 0.304. The average Bonchev–Trinajstić information content (AvgIpc) is 2.53. The minimum atomic E-state index is -0.00875. The first-order chi connectivity index (χ1) is 5.83. The van der Waals surface area contributed by atoms with E-state index in [2.05, 4.69) is 10.6 Å². The minimum Gasteiger partial charge on any atom is -0.372 e. The number of nitrogens with one attached hydrogen (secondary N) is 2. The molecule has 70 valence electrons. The lowest BCUT2D eigenvalue weighted by Gasteiger charge is -2.10. The number of hydrogen-bond acceptors (Lipinski definition) is 3. The van der Waals surface area contributed by atoms with Crippen molar-refractivity contribution in [2.75, 3.05) is 26.3 Å². The average molecular weight is 172 g/mol. The van der Waals surface area contributed by atoms with Gasteiger partial charge in [0.05, 0.1) is 0 Å². The van der Waals surface area contributed by atoms with Crippen molar-refractivity contribution in [3.8, 4) is 0 Å². The second-order valence-electron chi connectivity index (χ2n) is 2.89. The number of hydrogen-bond donors (Lipinski definition) is 2. The minimum absolute atomic E-state index is 0.00875. The fourth-order valence-corrected chi connectivity index (χ4v) is 1.24. The Morgan fingerprint density at radius 2 is 2.58 bits per heavy atom. The highest BCUT2D eigenvalue weighted by molar-refractivity contribution is 5.77. The number of rotatable bonds is 4. The highest BCUT2D eigenvalue weighted by atomic mass is 16.5. The van der Waals surface area contributed by atoms with Crippen molar-refractivity contribution in [2.45, 2.75) is 19.4 Å². The number of amides is 1. The van der Waals surface area contributed by atoms with Crippen LogP contribution in [0.25, 0.3) is 0 Å². The van der Waals surface area contributed by atoms with Crippen LogP contribution in [0, 0.1) is 0 Å². The fraction of sp³-hybridized carbons (Fsp3) is 0.875. The third kappa shape index (κ3) is 3.19. The normalized spacial score (nSPS) is 22.6. The van der Waals surface area contributed by atoms with Crippen molar-refractivity contribution >= 4 is 5.91 Å². The SMILES string of the molecule is CCOCC(=O)N[C@H]1CCNC1. The van der Waals surface area contributed by atoms with Gasteiger partial charge in [-0.05, 0) is 19.9 Å². The molecule has 1 rings (SSSR count). The zero-order valence-corrected chi connectivity index (χ0v) is 7.43. The van der Waals surface area contributed by atoms with Gasteiger partial charge in [-0.1, -0.05) is 0 Å². The standard InChI is InChI=1S/C8H16N2O2/c1-2-12-6-8(11)10-7-3-4-9-5-7/h7,9H,2-6H2,1H3,(H,10,11)/t7-/m0/s1. The van der Waals surface area contributed by atoms with E-state index in [0.717, 1.165) is 19.5 Å². The van der Waals surface area contributed by atoms with Crippen molar-refractivity contribution in [2.24, 2.45) is 0 Å². The van der Waals surface area contributed by atoms with Gasteiger partial charge >= 0.3 is 0 Å². The molecule has 4 heteroatoms. The van der Waals surface area contributed by atoms with Crippen LogP contribution in [0.5, 0.6) is 0 Å². The summed E-state index contributed by atoms with van der Waals surface area (Å²) in [5, 5.41) is 6.07. The van der Waals surface area contributed by atoms with E-state index in [1.54, 1.807) is 0 Å². The summed E-state index contributed by atoms with van der Waals surface area (Å²) in [6.45, 7) is 4.55. The van der Waals surface area contributed by atoms with Gasteiger partial charge < -0.3 is 15.4 Å². The monoisotopic (exact) mass is 172 g/mol. The molecule has 1 atom stereocenters. The highest BCUT2D eigenvalue weighted by Crippen LogP contribution is 1.96. The second kappa shape index (κ2) is 5.11. The van der Waals surface area contributed by atoms with E-state index < -0.39 is 0 Å². The van der Waals surface area contributed by atoms with Crippen molar-refractivity contribution < 1.29 is 9.53 Å². The Kier molecular flexibility index (Phi) is 4.04. The molecule has 1 fully saturated rings. The molecule has 1 amide bonds. The summed E-state index contributed by atoms with van der Waals surface area (Å²) >= 11 is 0. The van der Waals surface area contributed by atoms with E-state index in [4.69, 9.17) is 4.74 Å². The van der Waals surface area contributed by atoms with E-state index in [9.17, 15) is 4.79 Å². The van der Waals surface area contributed by atoms with Crippen LogP contribution < -0.4 is 10.6 Å². The molecular weight excluding hydrogens is 156 g/mol. The van der Waals surface area contributed by atoms with Crippen molar-refractivity contribution in [3.63, 3.8) is 0 Å². The molecular formula is C8H16N2O2. The molecule has 0 aromatic heterocycles. The summed E-state index contributed by atoms with van der Waals surface area (Å²) in [6.07, 6.45) is 1.03. The Morgan fingerprint density at radius 1 is 1.75 bits per heavy atom. The molecule has 0 aromatic rings. The maximum atomic E-state index is 11.1. The van der Waals surface area contributed by atoms with Crippen molar-refractivity contribution in [1.82, 2.24) is 10.6 Å². The third-order valence-corrected chi connectivity index (χ3v) is 1.86. The lowest BCUT2D eigenvalue weighted by molar-refractivity contribution is -0.126. The quantitative estimate of drug-likeness (QED) is 0.601. The molecule has 0 spiro atoms. The van der Waals surface area contributed by atoms with Crippen LogP contribution in [0.4, 0.5) is 0 Å². The predicted octanol–water partition coefficient (Wildman–Crippen LogP) is -0.499. The molecule has 0 unspecified atom stereocenters. The van der Waals surface area contributed by atoms with Crippen LogP contribution in [0.1, 0.15) is 13.3 Å². The first kappa shape index (κ1) is 9.48. The fourth-order valence-electron chi connectivity index (χ4n) is 1.24. The van der Waals surface area contributed by atoms with Gasteiger partial charge in [0.2, 0.25) is 5.91 Å². The Balaban J connectivity index is 2.08. The molecule has 1 saturated heterocycles. The molecule has 0 aliphatic carbocycles. The topological polar surface area (TPSA) is 50.4 Å². The Labute approximate surface area is 72.7 Å². The largest absolute Gasteiger partial charge is 0.372 e. The van der Waals surface area contributed by atoms with Gasteiger partial charge in [0.1, 0.15) is 6.61 Å². The van der Waals surface area contributed by atoms with Crippen molar-refractivity contribution in [1.29, 1.82) is 0 Å². The zero-order chi connectivity index (χ0) is 8.81. The van der Waals surface area contributed by atoms with E-state index in [1.165, 1.54) is 0 Å². The van der Waals surface area contributed by atoms with E-state index >= 15 is 0 Å². The smallest absolute Gasteiger partial charge is 0.246 e. The molecule has 12 heavy (non-hydrogen) atoms. The molecule has 1 aliphatic heterocycles. The van der Waals surface area contributed by atoms with Crippen LogP contribution in [0.3, 0.4) is 0 Å². The molecule has 4 nitrogen and oxygen atoms in total. The molecule has 1 heterocycles. The van der Waals surface area contributed by atoms with Gasteiger partial charge in [-0.15, -0.1) is 0 Å². The molecule has 2 N–H and O–H groups in total. The molecule has 0 bridgehead atoms. The summed E-state index contributed by atoms with van der Waals surface area (Å²) < 4.78 is 4.97. The Bertz CT molecular complexity index is 144. The number of ether oxygens (including phenoxy) is 1. The van der Waals surface area contributed by atoms with Crippen molar-refractivity contribution in [3.05, 3.63) is 0 Å². The Morgan fingerprint density at radius 3 is 3.17 bits per heavy atom. The van der Waals surface area contributed by atoms with E-state index in [1.807, 2.05) is 6.92 Å². The maximum absolute atomic E-state index is 11.1. The van der Waals surface area contributed by atoms with Crippen LogP contribution in [0.15, 0.2) is 0 Å².